The van der Waals surface area contributed by atoms with Crippen molar-refractivity contribution in [1.29, 1.82) is 0 Å². The lowest BCUT2D eigenvalue weighted by Crippen LogP contribution is -2.22. The van der Waals surface area contributed by atoms with E-state index in [1.807, 2.05) is 11.7 Å². The number of rotatable bonds is 5. The Kier molecular flexibility index (Phi) is 4.54. The third-order valence-corrected chi connectivity index (χ3v) is 3.17. The third kappa shape index (κ3) is 3.08. The molecule has 0 radical (unpaired) electrons. The summed E-state index contributed by atoms with van der Waals surface area (Å²) in [7, 11) is 2.01. The van der Waals surface area contributed by atoms with E-state index in [-0.39, 0.29) is 0 Å². The van der Waals surface area contributed by atoms with Crippen molar-refractivity contribution in [3.63, 3.8) is 0 Å². The number of nitrogens with zero attached hydrogens (tertiary/aromatic N) is 2. The van der Waals surface area contributed by atoms with Crippen molar-refractivity contribution in [2.75, 3.05) is 6.54 Å². The molecule has 0 fully saturated rings. The predicted molar refractivity (Wildman–Crippen MR) is 68.6 cm³/mol. The van der Waals surface area contributed by atoms with Crippen LogP contribution in [0, 0.1) is 19.8 Å². The summed E-state index contributed by atoms with van der Waals surface area (Å²) in [5.41, 5.74) is 3.76. The van der Waals surface area contributed by atoms with Crippen LogP contribution in [0.4, 0.5) is 0 Å². The van der Waals surface area contributed by atoms with E-state index in [1.165, 1.54) is 17.7 Å². The van der Waals surface area contributed by atoms with E-state index in [0.29, 0.717) is 6.04 Å². The van der Waals surface area contributed by atoms with Gasteiger partial charge in [-0.25, -0.2) is 0 Å². The highest BCUT2D eigenvalue weighted by Gasteiger charge is 2.15. The Labute approximate surface area is 99.2 Å². The summed E-state index contributed by atoms with van der Waals surface area (Å²) in [5.74, 6) is 0.760. The number of hydrogen-bond acceptors (Lipinski definition) is 2. The molecule has 1 N–H and O–H groups in total. The lowest BCUT2D eigenvalue weighted by molar-refractivity contribution is 0.495. The van der Waals surface area contributed by atoms with Crippen molar-refractivity contribution < 1.29 is 0 Å². The highest BCUT2D eigenvalue weighted by atomic mass is 15.3. The second-order valence-corrected chi connectivity index (χ2v) is 5.07. The first-order valence-electron chi connectivity index (χ1n) is 6.17. The van der Waals surface area contributed by atoms with Gasteiger partial charge in [-0.3, -0.25) is 4.68 Å². The van der Waals surface area contributed by atoms with Crippen LogP contribution in [0.5, 0.6) is 0 Å². The fourth-order valence-corrected chi connectivity index (χ4v) is 2.11. The molecule has 1 unspecified atom stereocenters. The Morgan fingerprint density at radius 1 is 1.25 bits per heavy atom. The minimum atomic E-state index is 0.396. The van der Waals surface area contributed by atoms with Crippen LogP contribution < -0.4 is 5.32 Å². The van der Waals surface area contributed by atoms with E-state index in [2.05, 4.69) is 45.0 Å². The summed E-state index contributed by atoms with van der Waals surface area (Å²) in [5, 5.41) is 8.02. The average molecular weight is 223 g/mol. The molecule has 1 aromatic rings. The number of nitrogens with one attached hydrogen (secondary N) is 1. The molecule has 1 atom stereocenters. The van der Waals surface area contributed by atoms with E-state index in [4.69, 9.17) is 0 Å². The zero-order valence-corrected chi connectivity index (χ0v) is 11.5. The molecule has 0 bridgehead atoms. The molecule has 0 amide bonds. The van der Waals surface area contributed by atoms with Gasteiger partial charge in [0, 0.05) is 24.3 Å². The minimum absolute atomic E-state index is 0.396. The van der Waals surface area contributed by atoms with Crippen LogP contribution in [0.1, 0.15) is 50.2 Å². The first-order chi connectivity index (χ1) is 7.43. The van der Waals surface area contributed by atoms with Crippen LogP contribution in [0.25, 0.3) is 0 Å². The van der Waals surface area contributed by atoms with Crippen LogP contribution >= 0.6 is 0 Å². The van der Waals surface area contributed by atoms with Crippen molar-refractivity contribution in [1.82, 2.24) is 15.1 Å². The van der Waals surface area contributed by atoms with Crippen molar-refractivity contribution in [2.24, 2.45) is 13.0 Å². The first-order valence-corrected chi connectivity index (χ1v) is 6.17. The largest absolute Gasteiger partial charge is 0.310 e. The number of aryl methyl sites for hydroxylation is 2. The van der Waals surface area contributed by atoms with Crippen LogP contribution in [0.15, 0.2) is 0 Å². The van der Waals surface area contributed by atoms with E-state index in [9.17, 15) is 0 Å². The second-order valence-electron chi connectivity index (χ2n) is 5.07. The molecule has 1 aromatic heterocycles. The standard InChI is InChI=1S/C13H25N3/c1-9(2)7-8-14-10(3)13-11(4)15-16(6)12(13)5/h9-10,14H,7-8H2,1-6H3. The summed E-state index contributed by atoms with van der Waals surface area (Å²) in [6.07, 6.45) is 1.22. The molecule has 0 aliphatic rings. The molecular weight excluding hydrogens is 198 g/mol. The van der Waals surface area contributed by atoms with Gasteiger partial charge in [-0.05, 0) is 39.7 Å². The zero-order chi connectivity index (χ0) is 12.3. The predicted octanol–water partition coefficient (Wildman–Crippen LogP) is 2.73. The summed E-state index contributed by atoms with van der Waals surface area (Å²) < 4.78 is 1.96. The number of aromatic nitrogens is 2. The molecule has 0 saturated carbocycles. The van der Waals surface area contributed by atoms with Crippen LogP contribution in [-0.4, -0.2) is 16.3 Å². The van der Waals surface area contributed by atoms with Crippen LogP contribution in [0.2, 0.25) is 0 Å². The van der Waals surface area contributed by atoms with Crippen molar-refractivity contribution >= 4 is 0 Å². The molecule has 0 aromatic carbocycles. The van der Waals surface area contributed by atoms with Gasteiger partial charge in [-0.2, -0.15) is 5.10 Å². The smallest absolute Gasteiger partial charge is 0.0644 e. The van der Waals surface area contributed by atoms with E-state index in [0.717, 1.165) is 18.2 Å². The molecule has 0 saturated heterocycles. The lowest BCUT2D eigenvalue weighted by atomic mass is 10.1. The highest BCUT2D eigenvalue weighted by Crippen LogP contribution is 2.20. The van der Waals surface area contributed by atoms with Gasteiger partial charge in [-0.1, -0.05) is 13.8 Å². The second kappa shape index (κ2) is 5.48. The molecule has 16 heavy (non-hydrogen) atoms. The Hall–Kier alpha value is -0.830. The van der Waals surface area contributed by atoms with E-state index < -0.39 is 0 Å². The van der Waals surface area contributed by atoms with Gasteiger partial charge in [0.15, 0.2) is 0 Å². The first kappa shape index (κ1) is 13.2. The quantitative estimate of drug-likeness (QED) is 0.832. The minimum Gasteiger partial charge on any atom is -0.310 e. The topological polar surface area (TPSA) is 29.9 Å². The normalized spacial score (nSPS) is 13.4. The molecule has 3 heteroatoms. The van der Waals surface area contributed by atoms with Crippen molar-refractivity contribution in [3.8, 4) is 0 Å². The van der Waals surface area contributed by atoms with Crippen molar-refractivity contribution in [3.05, 3.63) is 17.0 Å². The van der Waals surface area contributed by atoms with Gasteiger partial charge in [0.2, 0.25) is 0 Å². The molecule has 1 heterocycles. The van der Waals surface area contributed by atoms with Gasteiger partial charge in [0.05, 0.1) is 5.69 Å². The molecule has 1 rings (SSSR count). The van der Waals surface area contributed by atoms with Gasteiger partial charge in [0.1, 0.15) is 0 Å². The van der Waals surface area contributed by atoms with Crippen LogP contribution in [-0.2, 0) is 7.05 Å². The number of hydrogen-bond donors (Lipinski definition) is 1. The monoisotopic (exact) mass is 223 g/mol. The molecule has 3 nitrogen and oxygen atoms in total. The van der Waals surface area contributed by atoms with Gasteiger partial charge >= 0.3 is 0 Å². The average Bonchev–Trinajstić information content (AvgIpc) is 2.40. The zero-order valence-electron chi connectivity index (χ0n) is 11.5. The van der Waals surface area contributed by atoms with Gasteiger partial charge in [-0.15, -0.1) is 0 Å². The maximum atomic E-state index is 4.45. The molecule has 0 spiro atoms. The SMILES string of the molecule is Cc1nn(C)c(C)c1C(C)NCCC(C)C. The Morgan fingerprint density at radius 3 is 2.31 bits per heavy atom. The van der Waals surface area contributed by atoms with Gasteiger partial charge in [0.25, 0.3) is 0 Å². The maximum absolute atomic E-state index is 4.45. The van der Waals surface area contributed by atoms with E-state index in [1.54, 1.807) is 0 Å². The van der Waals surface area contributed by atoms with Gasteiger partial charge < -0.3 is 5.32 Å². The Morgan fingerprint density at radius 2 is 1.88 bits per heavy atom. The summed E-state index contributed by atoms with van der Waals surface area (Å²) in [6, 6.07) is 0.396. The lowest BCUT2D eigenvalue weighted by Gasteiger charge is -2.15. The third-order valence-electron chi connectivity index (χ3n) is 3.17. The molecule has 0 aliphatic carbocycles. The Balaban J connectivity index is 2.62. The summed E-state index contributed by atoms with van der Waals surface area (Å²) in [4.78, 5) is 0. The fraction of sp³-hybridized carbons (Fsp3) is 0.769. The highest BCUT2D eigenvalue weighted by molar-refractivity contribution is 5.27. The summed E-state index contributed by atoms with van der Waals surface area (Å²) >= 11 is 0. The maximum Gasteiger partial charge on any atom is 0.0644 e. The molecule has 92 valence electrons. The Bertz CT molecular complexity index is 339. The molecular formula is C13H25N3. The van der Waals surface area contributed by atoms with Crippen molar-refractivity contribution in [2.45, 2.75) is 47.1 Å². The molecule has 0 aliphatic heterocycles. The summed E-state index contributed by atoms with van der Waals surface area (Å²) in [6.45, 7) is 12.0. The van der Waals surface area contributed by atoms with Crippen LogP contribution in [0.3, 0.4) is 0 Å². The fourth-order valence-electron chi connectivity index (χ4n) is 2.11. The van der Waals surface area contributed by atoms with E-state index >= 15 is 0 Å².